The van der Waals surface area contributed by atoms with Gasteiger partial charge in [-0.05, 0) is 12.8 Å². The van der Waals surface area contributed by atoms with Crippen LogP contribution in [0.3, 0.4) is 0 Å². The maximum absolute atomic E-state index is 11.9. The van der Waals surface area contributed by atoms with Gasteiger partial charge < -0.3 is 0 Å². The van der Waals surface area contributed by atoms with Crippen molar-refractivity contribution in [3.8, 4) is 0 Å². The predicted octanol–water partition coefficient (Wildman–Crippen LogP) is 3.20. The minimum atomic E-state index is -2.55. The second kappa shape index (κ2) is 7.06. The van der Waals surface area contributed by atoms with E-state index in [1.54, 1.807) is 0 Å². The van der Waals surface area contributed by atoms with Crippen molar-refractivity contribution in [3.63, 3.8) is 0 Å². The minimum absolute atomic E-state index is 0.568. The van der Waals surface area contributed by atoms with Crippen molar-refractivity contribution in [2.24, 2.45) is 4.76 Å². The largest absolute Gasteiger partial charge is 0.298 e. The summed E-state index contributed by atoms with van der Waals surface area (Å²) in [4.78, 5) is 10.1. The van der Waals surface area contributed by atoms with Crippen molar-refractivity contribution >= 4 is 13.4 Å². The lowest BCUT2D eigenvalue weighted by Crippen LogP contribution is -1.93. The molecular formula is C9H18NO2P. The van der Waals surface area contributed by atoms with Crippen molar-refractivity contribution in [1.82, 2.24) is 0 Å². The molecule has 0 aliphatic heterocycles. The predicted molar refractivity (Wildman–Crippen MR) is 55.3 cm³/mol. The normalized spacial score (nSPS) is 10.9. The quantitative estimate of drug-likeness (QED) is 0.362. The first-order chi connectivity index (χ1) is 6.18. The van der Waals surface area contributed by atoms with E-state index in [0.29, 0.717) is 12.3 Å². The lowest BCUT2D eigenvalue weighted by Gasteiger charge is -2.09. The zero-order valence-corrected chi connectivity index (χ0v) is 9.35. The van der Waals surface area contributed by atoms with Crippen molar-refractivity contribution in [2.45, 2.75) is 39.5 Å². The highest BCUT2D eigenvalue weighted by molar-refractivity contribution is 7.62. The van der Waals surface area contributed by atoms with Crippen molar-refractivity contribution in [2.75, 3.05) is 12.3 Å². The first-order valence-electron chi connectivity index (χ1n) is 4.86. The molecule has 0 saturated carbocycles. The highest BCUT2D eigenvalue weighted by Crippen LogP contribution is 2.48. The van der Waals surface area contributed by atoms with Crippen molar-refractivity contribution in [1.29, 1.82) is 0 Å². The van der Waals surface area contributed by atoms with Gasteiger partial charge >= 0.3 is 0 Å². The highest BCUT2D eigenvalue weighted by atomic mass is 31.2. The van der Waals surface area contributed by atoms with Crippen molar-refractivity contribution in [3.05, 3.63) is 0 Å². The Morgan fingerprint density at radius 1 is 1.15 bits per heavy atom. The third-order valence-corrected chi connectivity index (χ3v) is 4.42. The molecule has 0 atom stereocenters. The van der Waals surface area contributed by atoms with Crippen molar-refractivity contribution < 1.29 is 9.36 Å². The van der Waals surface area contributed by atoms with Gasteiger partial charge in [0, 0.05) is 12.3 Å². The lowest BCUT2D eigenvalue weighted by atomic mass is 10.4. The van der Waals surface area contributed by atoms with E-state index in [0.717, 1.165) is 25.7 Å². The fourth-order valence-electron chi connectivity index (χ4n) is 1.10. The lowest BCUT2D eigenvalue weighted by molar-refractivity contribution is 0.559. The second-order valence-corrected chi connectivity index (χ2v) is 5.98. The van der Waals surface area contributed by atoms with Crippen LogP contribution in [0.2, 0.25) is 0 Å². The van der Waals surface area contributed by atoms with E-state index >= 15 is 0 Å². The average Bonchev–Trinajstić information content (AvgIpc) is 2.12. The van der Waals surface area contributed by atoms with Gasteiger partial charge in [0.2, 0.25) is 13.4 Å². The zero-order valence-electron chi connectivity index (χ0n) is 8.45. The first-order valence-corrected chi connectivity index (χ1v) is 6.89. The van der Waals surface area contributed by atoms with Crippen LogP contribution in [0.4, 0.5) is 0 Å². The molecule has 0 aliphatic carbocycles. The van der Waals surface area contributed by atoms with Crippen LogP contribution in [0, 0.1) is 0 Å². The van der Waals surface area contributed by atoms with E-state index in [1.165, 1.54) is 6.08 Å². The number of isocyanates is 1. The fourth-order valence-corrected chi connectivity index (χ4v) is 3.29. The minimum Gasteiger partial charge on any atom is -0.298 e. The summed E-state index contributed by atoms with van der Waals surface area (Å²) in [5, 5.41) is 0. The molecule has 0 amide bonds. The fraction of sp³-hybridized carbons (Fsp3) is 0.889. The molecular weight excluding hydrogens is 185 g/mol. The van der Waals surface area contributed by atoms with Gasteiger partial charge in [-0.25, -0.2) is 4.79 Å². The Labute approximate surface area is 80.1 Å². The van der Waals surface area contributed by atoms with Gasteiger partial charge in [-0.3, -0.25) is 4.57 Å². The Kier molecular flexibility index (Phi) is 6.84. The van der Waals surface area contributed by atoms with Gasteiger partial charge in [0.05, 0.1) is 0 Å². The molecule has 0 aromatic rings. The average molecular weight is 203 g/mol. The Bertz CT molecular complexity index is 210. The molecule has 0 spiro atoms. The Morgan fingerprint density at radius 3 is 1.92 bits per heavy atom. The molecule has 76 valence electrons. The summed E-state index contributed by atoms with van der Waals surface area (Å²) < 4.78 is 15.4. The molecule has 0 radical (unpaired) electrons. The molecule has 0 aromatic carbocycles. The van der Waals surface area contributed by atoms with Crippen LogP contribution in [0.25, 0.3) is 0 Å². The van der Waals surface area contributed by atoms with E-state index in [2.05, 4.69) is 4.76 Å². The molecule has 0 N–H and O–H groups in total. The summed E-state index contributed by atoms with van der Waals surface area (Å²) in [6, 6.07) is 0. The number of rotatable bonds is 7. The molecule has 0 heterocycles. The van der Waals surface area contributed by atoms with E-state index in [9.17, 15) is 9.36 Å². The highest BCUT2D eigenvalue weighted by Gasteiger charge is 2.18. The van der Waals surface area contributed by atoms with Crippen LogP contribution in [-0.4, -0.2) is 18.4 Å². The number of carbonyl (C=O) groups excluding carboxylic acids is 1. The number of hydrogen-bond acceptors (Lipinski definition) is 2. The third kappa shape index (κ3) is 5.79. The summed E-state index contributed by atoms with van der Waals surface area (Å²) in [7, 11) is -2.55. The van der Waals surface area contributed by atoms with E-state index in [4.69, 9.17) is 0 Å². The second-order valence-electron chi connectivity index (χ2n) is 3.19. The van der Waals surface area contributed by atoms with Gasteiger partial charge in [-0.15, -0.1) is 4.76 Å². The standard InChI is InChI=1S/C9H18NO2P/c1-3-5-7-13(12,10-9-11)8-6-4-2/h3-8H2,1-2H3. The van der Waals surface area contributed by atoms with Crippen LogP contribution in [0.1, 0.15) is 39.5 Å². The van der Waals surface area contributed by atoms with Gasteiger partial charge in [-0.2, -0.15) is 0 Å². The zero-order chi connectivity index (χ0) is 10.2. The summed E-state index contributed by atoms with van der Waals surface area (Å²) in [6.45, 7) is 4.07. The number of unbranched alkanes of at least 4 members (excludes halogenated alkanes) is 2. The molecule has 0 saturated heterocycles. The Balaban J connectivity index is 4.16. The third-order valence-electron chi connectivity index (χ3n) is 1.95. The number of hydrogen-bond donors (Lipinski definition) is 0. The maximum atomic E-state index is 11.9. The summed E-state index contributed by atoms with van der Waals surface area (Å²) >= 11 is 0. The molecule has 0 bridgehead atoms. The summed E-state index contributed by atoms with van der Waals surface area (Å²) in [5.41, 5.74) is 0. The maximum Gasteiger partial charge on any atom is 0.241 e. The van der Waals surface area contributed by atoms with Crippen LogP contribution >= 0.6 is 7.29 Å². The molecule has 0 aliphatic rings. The smallest absolute Gasteiger partial charge is 0.241 e. The summed E-state index contributed by atoms with van der Waals surface area (Å²) in [6.07, 6.45) is 6.32. The first kappa shape index (κ1) is 12.6. The molecule has 13 heavy (non-hydrogen) atoms. The molecule has 0 fully saturated rings. The Hall–Kier alpha value is -0.390. The van der Waals surface area contributed by atoms with E-state index < -0.39 is 7.29 Å². The number of nitrogens with zero attached hydrogens (tertiary/aromatic N) is 1. The van der Waals surface area contributed by atoms with Gasteiger partial charge in [-0.1, -0.05) is 26.7 Å². The van der Waals surface area contributed by atoms with Crippen LogP contribution < -0.4 is 0 Å². The van der Waals surface area contributed by atoms with Crippen LogP contribution in [0.15, 0.2) is 4.76 Å². The molecule has 0 aromatic heterocycles. The molecule has 4 heteroatoms. The van der Waals surface area contributed by atoms with Crippen LogP contribution in [-0.2, 0) is 9.36 Å². The van der Waals surface area contributed by atoms with E-state index in [1.807, 2.05) is 13.8 Å². The monoisotopic (exact) mass is 203 g/mol. The molecule has 0 rings (SSSR count). The van der Waals surface area contributed by atoms with Crippen LogP contribution in [0.5, 0.6) is 0 Å². The van der Waals surface area contributed by atoms with Gasteiger partial charge in [0.1, 0.15) is 0 Å². The van der Waals surface area contributed by atoms with Gasteiger partial charge in [0.25, 0.3) is 0 Å². The summed E-state index contributed by atoms with van der Waals surface area (Å²) in [5.74, 6) is 0. The SMILES string of the molecule is CCCCP(=O)(CCCC)N=C=O. The molecule has 3 nitrogen and oxygen atoms in total. The van der Waals surface area contributed by atoms with Gasteiger partial charge in [0.15, 0.2) is 0 Å². The Morgan fingerprint density at radius 2 is 1.62 bits per heavy atom. The molecule has 0 unspecified atom stereocenters. The van der Waals surface area contributed by atoms with E-state index in [-0.39, 0.29) is 0 Å². The topological polar surface area (TPSA) is 46.5 Å².